The maximum absolute atomic E-state index is 12.8. The van der Waals surface area contributed by atoms with Gasteiger partial charge in [0, 0.05) is 27.2 Å². The molecule has 0 saturated carbocycles. The van der Waals surface area contributed by atoms with Gasteiger partial charge in [0.2, 0.25) is 0 Å². The molecule has 0 bridgehead atoms. The van der Waals surface area contributed by atoms with Gasteiger partial charge in [-0.2, -0.15) is 5.10 Å². The molecule has 1 saturated heterocycles. The molecule has 1 aromatic heterocycles. The van der Waals surface area contributed by atoms with Gasteiger partial charge < -0.3 is 14.7 Å². The van der Waals surface area contributed by atoms with Crippen molar-refractivity contribution in [2.75, 3.05) is 26.8 Å². The molecule has 7 nitrogen and oxygen atoms in total. The summed E-state index contributed by atoms with van der Waals surface area (Å²) in [6, 6.07) is 1.79. The number of carboxylic acid groups (broad SMARTS) is 1. The van der Waals surface area contributed by atoms with E-state index in [1.54, 1.807) is 22.7 Å². The van der Waals surface area contributed by atoms with Gasteiger partial charge in [-0.3, -0.25) is 14.3 Å². The van der Waals surface area contributed by atoms with Crippen molar-refractivity contribution in [3.8, 4) is 0 Å². The van der Waals surface area contributed by atoms with Crippen LogP contribution < -0.4 is 0 Å². The fraction of sp³-hybridized carbons (Fsp3) is 0.688. The van der Waals surface area contributed by atoms with Gasteiger partial charge in [-0.25, -0.2) is 0 Å². The Balaban J connectivity index is 2.24. The van der Waals surface area contributed by atoms with Crippen molar-refractivity contribution in [3.63, 3.8) is 0 Å². The minimum atomic E-state index is -1.03. The first-order valence-corrected chi connectivity index (χ1v) is 7.86. The number of aliphatic carboxylic acids is 1. The van der Waals surface area contributed by atoms with E-state index in [-0.39, 0.29) is 25.0 Å². The van der Waals surface area contributed by atoms with Gasteiger partial charge in [-0.15, -0.1) is 0 Å². The maximum Gasteiger partial charge on any atom is 0.313 e. The molecule has 0 spiro atoms. The number of carboxylic acids is 1. The van der Waals surface area contributed by atoms with Gasteiger partial charge in [0.25, 0.3) is 5.91 Å². The minimum Gasteiger partial charge on any atom is -0.481 e. The van der Waals surface area contributed by atoms with E-state index in [0.29, 0.717) is 25.1 Å². The monoisotopic (exact) mass is 323 g/mol. The Morgan fingerprint density at radius 3 is 2.70 bits per heavy atom. The lowest BCUT2D eigenvalue weighted by atomic mass is 9.80. The van der Waals surface area contributed by atoms with Crippen molar-refractivity contribution in [1.82, 2.24) is 14.7 Å². The molecule has 2 heterocycles. The summed E-state index contributed by atoms with van der Waals surface area (Å²) >= 11 is 0. The van der Waals surface area contributed by atoms with E-state index < -0.39 is 11.4 Å². The molecule has 7 heteroatoms. The van der Waals surface area contributed by atoms with Crippen LogP contribution in [0.5, 0.6) is 0 Å². The van der Waals surface area contributed by atoms with Crippen LogP contribution in [0.4, 0.5) is 0 Å². The summed E-state index contributed by atoms with van der Waals surface area (Å²) < 4.78 is 6.68. The Morgan fingerprint density at radius 1 is 1.48 bits per heavy atom. The number of amides is 1. The Morgan fingerprint density at radius 2 is 2.17 bits per heavy atom. The van der Waals surface area contributed by atoms with E-state index in [9.17, 15) is 14.7 Å². The van der Waals surface area contributed by atoms with Crippen molar-refractivity contribution in [2.45, 2.75) is 32.6 Å². The van der Waals surface area contributed by atoms with Crippen molar-refractivity contribution in [1.29, 1.82) is 0 Å². The second kappa shape index (κ2) is 6.70. The zero-order chi connectivity index (χ0) is 17.2. The fourth-order valence-corrected chi connectivity index (χ4v) is 3.07. The lowest BCUT2D eigenvalue weighted by Gasteiger charge is -2.39. The van der Waals surface area contributed by atoms with Crippen LogP contribution in [-0.4, -0.2) is 58.5 Å². The van der Waals surface area contributed by atoms with E-state index in [4.69, 9.17) is 4.74 Å². The van der Waals surface area contributed by atoms with Crippen LogP contribution >= 0.6 is 0 Å². The highest BCUT2D eigenvalue weighted by atomic mass is 16.5. The summed E-state index contributed by atoms with van der Waals surface area (Å²) in [5.74, 6) is -0.853. The number of hydrogen-bond donors (Lipinski definition) is 1. The highest BCUT2D eigenvalue weighted by Crippen LogP contribution is 2.31. The quantitative estimate of drug-likeness (QED) is 0.887. The third kappa shape index (κ3) is 3.39. The molecule has 128 valence electrons. The molecule has 1 fully saturated rings. The molecule has 2 rings (SSSR count). The first-order valence-electron chi connectivity index (χ1n) is 7.86. The zero-order valence-corrected chi connectivity index (χ0v) is 14.2. The highest BCUT2D eigenvalue weighted by Gasteiger charge is 2.44. The largest absolute Gasteiger partial charge is 0.481 e. The number of likely N-dealkylation sites (tertiary alicyclic amines) is 1. The van der Waals surface area contributed by atoms with Crippen molar-refractivity contribution < 1.29 is 19.4 Å². The summed E-state index contributed by atoms with van der Waals surface area (Å²) in [7, 11) is 3.23. The van der Waals surface area contributed by atoms with Gasteiger partial charge in [-0.05, 0) is 24.8 Å². The first kappa shape index (κ1) is 17.5. The Labute approximate surface area is 136 Å². The predicted octanol–water partition coefficient (Wildman–Crippen LogP) is 1.50. The van der Waals surface area contributed by atoms with Crippen LogP contribution in [0.25, 0.3) is 0 Å². The van der Waals surface area contributed by atoms with Gasteiger partial charge in [-0.1, -0.05) is 13.8 Å². The van der Waals surface area contributed by atoms with Crippen molar-refractivity contribution >= 4 is 11.9 Å². The van der Waals surface area contributed by atoms with Crippen LogP contribution in [-0.2, 0) is 16.6 Å². The highest BCUT2D eigenvalue weighted by molar-refractivity contribution is 5.93. The Kier molecular flexibility index (Phi) is 5.09. The molecule has 0 aromatic carbocycles. The molecule has 1 N–H and O–H groups in total. The molecular weight excluding hydrogens is 298 g/mol. The van der Waals surface area contributed by atoms with E-state index in [0.717, 1.165) is 5.69 Å². The van der Waals surface area contributed by atoms with Gasteiger partial charge in [0.05, 0.1) is 12.3 Å². The smallest absolute Gasteiger partial charge is 0.313 e. The van der Waals surface area contributed by atoms with Crippen LogP contribution in [0.15, 0.2) is 6.07 Å². The lowest BCUT2D eigenvalue weighted by Crippen LogP contribution is -2.52. The summed E-state index contributed by atoms with van der Waals surface area (Å²) in [5.41, 5.74) is 0.323. The SMILES string of the molecule is COCC1(C(=O)O)CCCN(C(=O)c2cc(C(C)C)nn2C)C1. The Bertz CT molecular complexity index is 592. The fourth-order valence-electron chi connectivity index (χ4n) is 3.07. The third-order valence-electron chi connectivity index (χ3n) is 4.45. The molecule has 1 amide bonds. The van der Waals surface area contributed by atoms with Crippen molar-refractivity contribution in [2.24, 2.45) is 12.5 Å². The predicted molar refractivity (Wildman–Crippen MR) is 84.4 cm³/mol. The van der Waals surface area contributed by atoms with E-state index in [2.05, 4.69) is 5.10 Å². The van der Waals surface area contributed by atoms with Crippen LogP contribution in [0, 0.1) is 5.41 Å². The Hall–Kier alpha value is -1.89. The number of ether oxygens (including phenoxy) is 1. The van der Waals surface area contributed by atoms with E-state index in [1.165, 1.54) is 7.11 Å². The molecule has 1 aromatic rings. The van der Waals surface area contributed by atoms with E-state index >= 15 is 0 Å². The average Bonchev–Trinajstić information content (AvgIpc) is 2.89. The van der Waals surface area contributed by atoms with E-state index in [1.807, 2.05) is 13.8 Å². The van der Waals surface area contributed by atoms with Crippen LogP contribution in [0.3, 0.4) is 0 Å². The van der Waals surface area contributed by atoms with Crippen molar-refractivity contribution in [3.05, 3.63) is 17.5 Å². The lowest BCUT2D eigenvalue weighted by molar-refractivity contribution is -0.155. The number of methoxy groups -OCH3 is 1. The summed E-state index contributed by atoms with van der Waals surface area (Å²) in [5, 5.41) is 13.9. The number of hydrogen-bond acceptors (Lipinski definition) is 4. The molecule has 0 aliphatic carbocycles. The number of nitrogens with zero attached hydrogens (tertiary/aromatic N) is 3. The molecule has 0 radical (unpaired) electrons. The number of carbonyl (C=O) groups excluding carboxylic acids is 1. The van der Waals surface area contributed by atoms with Crippen LogP contribution in [0.1, 0.15) is 48.8 Å². The third-order valence-corrected chi connectivity index (χ3v) is 4.45. The second-order valence-corrected chi connectivity index (χ2v) is 6.58. The molecular formula is C16H25N3O4. The summed E-state index contributed by atoms with van der Waals surface area (Å²) in [6.07, 6.45) is 1.17. The standard InChI is InChI=1S/C16H25N3O4/c1-11(2)12-8-13(18(3)17-12)14(20)19-7-5-6-16(9-19,10-23-4)15(21)22/h8,11H,5-7,9-10H2,1-4H3,(H,21,22). The zero-order valence-electron chi connectivity index (χ0n) is 14.2. The molecule has 1 unspecified atom stereocenters. The number of rotatable bonds is 5. The van der Waals surface area contributed by atoms with Crippen LogP contribution in [0.2, 0.25) is 0 Å². The molecule has 1 aliphatic rings. The molecule has 1 aliphatic heterocycles. The topological polar surface area (TPSA) is 84.7 Å². The van der Waals surface area contributed by atoms with Gasteiger partial charge >= 0.3 is 5.97 Å². The summed E-state index contributed by atoms with van der Waals surface area (Å²) in [6.45, 7) is 4.86. The number of aromatic nitrogens is 2. The average molecular weight is 323 g/mol. The first-order chi connectivity index (χ1) is 10.8. The number of aryl methyl sites for hydroxylation is 1. The summed E-state index contributed by atoms with van der Waals surface area (Å²) in [4.78, 5) is 26.1. The normalized spacial score (nSPS) is 21.7. The molecule has 1 atom stereocenters. The second-order valence-electron chi connectivity index (χ2n) is 6.58. The minimum absolute atomic E-state index is 0.106. The number of carbonyl (C=O) groups is 2. The molecule has 23 heavy (non-hydrogen) atoms. The van der Waals surface area contributed by atoms with Gasteiger partial charge in [0.15, 0.2) is 0 Å². The van der Waals surface area contributed by atoms with Gasteiger partial charge in [0.1, 0.15) is 11.1 Å². The maximum atomic E-state index is 12.8. The number of piperidine rings is 1.